The Balaban J connectivity index is 1.38. The van der Waals surface area contributed by atoms with Crippen molar-refractivity contribution >= 4 is 23.4 Å². The first kappa shape index (κ1) is 24.3. The molecule has 0 saturated heterocycles. The van der Waals surface area contributed by atoms with Gasteiger partial charge in [-0.15, -0.1) is 0 Å². The zero-order chi connectivity index (χ0) is 25.2. The van der Waals surface area contributed by atoms with Gasteiger partial charge in [0.2, 0.25) is 0 Å². The van der Waals surface area contributed by atoms with Crippen LogP contribution in [0.3, 0.4) is 0 Å². The minimum absolute atomic E-state index is 0.0210. The van der Waals surface area contributed by atoms with Crippen LogP contribution in [0.2, 0.25) is 0 Å². The van der Waals surface area contributed by atoms with Gasteiger partial charge in [-0.1, -0.05) is 42.5 Å². The van der Waals surface area contributed by atoms with Crippen LogP contribution in [0.4, 0.5) is 29.3 Å². The molecular weight excluding hydrogens is 461 g/mol. The lowest BCUT2D eigenvalue weighted by Gasteiger charge is -2.23. The van der Waals surface area contributed by atoms with Gasteiger partial charge < -0.3 is 20.8 Å². The van der Waals surface area contributed by atoms with E-state index >= 15 is 0 Å². The summed E-state index contributed by atoms with van der Waals surface area (Å²) < 4.78 is 38.5. The van der Waals surface area contributed by atoms with E-state index in [1.807, 2.05) is 12.1 Å². The van der Waals surface area contributed by atoms with Crippen molar-refractivity contribution in [2.45, 2.75) is 31.0 Å². The molecule has 0 spiro atoms. The van der Waals surface area contributed by atoms with Crippen LogP contribution in [0.5, 0.6) is 0 Å². The molecule has 4 rings (SSSR count). The fourth-order valence-electron chi connectivity index (χ4n) is 4.28. The van der Waals surface area contributed by atoms with Crippen LogP contribution in [-0.2, 0) is 16.6 Å². The van der Waals surface area contributed by atoms with Crippen molar-refractivity contribution in [3.8, 4) is 11.1 Å². The Morgan fingerprint density at radius 1 is 0.886 bits per heavy atom. The van der Waals surface area contributed by atoms with E-state index in [2.05, 4.69) is 10.6 Å². The number of carboxylic acids is 1. The second-order valence-corrected chi connectivity index (χ2v) is 8.62. The van der Waals surface area contributed by atoms with Crippen LogP contribution in [0, 0.1) is 5.92 Å². The van der Waals surface area contributed by atoms with Crippen molar-refractivity contribution in [2.75, 3.05) is 10.6 Å². The van der Waals surface area contributed by atoms with Crippen LogP contribution in [0.15, 0.2) is 72.8 Å². The topological polar surface area (TPSA) is 98.7 Å². The van der Waals surface area contributed by atoms with Gasteiger partial charge in [0.05, 0.1) is 17.1 Å². The van der Waals surface area contributed by atoms with Gasteiger partial charge in [-0.3, -0.25) is 4.79 Å². The summed E-state index contributed by atoms with van der Waals surface area (Å²) in [7, 11) is 0. The summed E-state index contributed by atoms with van der Waals surface area (Å²) in [6.07, 6.45) is -3.49. The van der Waals surface area contributed by atoms with Gasteiger partial charge in [0, 0.05) is 11.4 Å². The normalized spacial score (nSPS) is 19.8. The molecule has 1 aliphatic carbocycles. The lowest BCUT2D eigenvalue weighted by atomic mass is 9.90. The summed E-state index contributed by atoms with van der Waals surface area (Å²) in [5, 5.41) is 25.0. The summed E-state index contributed by atoms with van der Waals surface area (Å²) >= 11 is 0. The smallest absolute Gasteiger partial charge is 0.416 e. The number of carbonyl (C=O) groups excluding carboxylic acids is 1. The van der Waals surface area contributed by atoms with Crippen LogP contribution in [0.25, 0.3) is 11.1 Å². The van der Waals surface area contributed by atoms with Crippen LogP contribution >= 0.6 is 0 Å². The van der Waals surface area contributed by atoms with Crippen molar-refractivity contribution in [1.82, 2.24) is 0 Å². The standard InChI is InChI=1S/C26H23F3N2O4/c27-26(28,29)20-2-1-3-22(14-20)31-24(34)30-21-10-6-17(7-11-21)16-4-8-19(9-5-16)25(35)13-12-18(15-25)23(32)33/h1-11,14,18,35H,12-13,15H2,(H,32,33)(H2,30,31,34)/t18-,25+/m0/s1. The Bertz CT molecular complexity index is 1230. The fourth-order valence-corrected chi connectivity index (χ4v) is 4.28. The summed E-state index contributed by atoms with van der Waals surface area (Å²) in [5.74, 6) is -1.44. The monoisotopic (exact) mass is 484 g/mol. The third-order valence-corrected chi connectivity index (χ3v) is 6.19. The molecule has 1 aliphatic rings. The number of aliphatic carboxylic acids is 1. The second-order valence-electron chi connectivity index (χ2n) is 8.62. The highest BCUT2D eigenvalue weighted by Gasteiger charge is 2.41. The number of aliphatic hydroxyl groups is 1. The van der Waals surface area contributed by atoms with E-state index in [1.165, 1.54) is 12.1 Å². The van der Waals surface area contributed by atoms with Gasteiger partial charge >= 0.3 is 18.2 Å². The number of halogens is 3. The molecule has 1 fully saturated rings. The first-order valence-electron chi connectivity index (χ1n) is 10.9. The number of rotatable bonds is 5. The molecule has 0 heterocycles. The van der Waals surface area contributed by atoms with Crippen LogP contribution < -0.4 is 10.6 Å². The summed E-state index contributed by atoms with van der Waals surface area (Å²) in [6.45, 7) is 0. The van der Waals surface area contributed by atoms with E-state index in [1.54, 1.807) is 36.4 Å². The molecule has 9 heteroatoms. The minimum atomic E-state index is -4.50. The Hall–Kier alpha value is -3.85. The molecular formula is C26H23F3N2O4. The summed E-state index contributed by atoms with van der Waals surface area (Å²) in [4.78, 5) is 23.4. The zero-order valence-electron chi connectivity index (χ0n) is 18.5. The predicted molar refractivity (Wildman–Crippen MR) is 125 cm³/mol. The SMILES string of the molecule is O=C(Nc1ccc(-c2ccc([C@@]3(O)CC[C@H](C(=O)O)C3)cc2)cc1)Nc1cccc(C(F)(F)F)c1. The van der Waals surface area contributed by atoms with Gasteiger partial charge in [0.15, 0.2) is 0 Å². The molecule has 182 valence electrons. The van der Waals surface area contributed by atoms with E-state index in [-0.39, 0.29) is 12.1 Å². The van der Waals surface area contributed by atoms with Gasteiger partial charge in [0.25, 0.3) is 0 Å². The molecule has 0 aliphatic heterocycles. The highest BCUT2D eigenvalue weighted by molar-refractivity contribution is 5.99. The van der Waals surface area contributed by atoms with Crippen molar-refractivity contribution in [3.05, 3.63) is 83.9 Å². The van der Waals surface area contributed by atoms with Crippen molar-refractivity contribution in [3.63, 3.8) is 0 Å². The lowest BCUT2D eigenvalue weighted by Crippen LogP contribution is -2.23. The first-order valence-corrected chi connectivity index (χ1v) is 10.9. The molecule has 2 atom stereocenters. The highest BCUT2D eigenvalue weighted by Crippen LogP contribution is 2.42. The molecule has 35 heavy (non-hydrogen) atoms. The maximum atomic E-state index is 12.8. The lowest BCUT2D eigenvalue weighted by molar-refractivity contribution is -0.142. The number of alkyl halides is 3. The van der Waals surface area contributed by atoms with Crippen LogP contribution in [0.1, 0.15) is 30.4 Å². The van der Waals surface area contributed by atoms with Crippen molar-refractivity contribution in [1.29, 1.82) is 0 Å². The Labute approximate surface area is 199 Å². The third kappa shape index (κ3) is 5.63. The largest absolute Gasteiger partial charge is 0.481 e. The van der Waals surface area contributed by atoms with Gasteiger partial charge in [0.1, 0.15) is 0 Å². The molecule has 4 N–H and O–H groups in total. The third-order valence-electron chi connectivity index (χ3n) is 6.19. The number of benzene rings is 3. The zero-order valence-corrected chi connectivity index (χ0v) is 18.5. The van der Waals surface area contributed by atoms with Gasteiger partial charge in [-0.25, -0.2) is 4.79 Å². The van der Waals surface area contributed by atoms with E-state index in [9.17, 15) is 33.0 Å². The molecule has 2 amide bonds. The number of urea groups is 1. The molecule has 0 radical (unpaired) electrons. The maximum Gasteiger partial charge on any atom is 0.416 e. The van der Waals surface area contributed by atoms with Crippen molar-refractivity contribution in [2.24, 2.45) is 5.92 Å². The van der Waals surface area contributed by atoms with E-state index < -0.39 is 35.3 Å². The first-order chi connectivity index (χ1) is 16.5. The minimum Gasteiger partial charge on any atom is -0.481 e. The number of amides is 2. The number of carboxylic acid groups (broad SMARTS) is 1. The van der Waals surface area contributed by atoms with E-state index in [0.29, 0.717) is 24.1 Å². The number of hydrogen-bond donors (Lipinski definition) is 4. The van der Waals surface area contributed by atoms with Gasteiger partial charge in [-0.05, 0) is 66.3 Å². The molecule has 0 aromatic heterocycles. The molecule has 1 saturated carbocycles. The molecule has 0 unspecified atom stereocenters. The van der Waals surface area contributed by atoms with E-state index in [0.717, 1.165) is 23.3 Å². The number of nitrogens with one attached hydrogen (secondary N) is 2. The number of hydrogen-bond acceptors (Lipinski definition) is 3. The number of carbonyl (C=O) groups is 2. The predicted octanol–water partition coefficient (Wildman–Crippen LogP) is 6.09. The second kappa shape index (κ2) is 9.42. The highest BCUT2D eigenvalue weighted by atomic mass is 19.4. The Morgan fingerprint density at radius 2 is 1.49 bits per heavy atom. The maximum absolute atomic E-state index is 12.8. The van der Waals surface area contributed by atoms with Crippen LogP contribution in [-0.4, -0.2) is 22.2 Å². The molecule has 3 aromatic rings. The molecule has 3 aromatic carbocycles. The number of anilines is 2. The summed E-state index contributed by atoms with van der Waals surface area (Å²) in [6, 6.07) is 17.8. The average molecular weight is 484 g/mol. The van der Waals surface area contributed by atoms with E-state index in [4.69, 9.17) is 0 Å². The summed E-state index contributed by atoms with van der Waals surface area (Å²) in [5.41, 5.74) is 0.860. The van der Waals surface area contributed by atoms with Gasteiger partial charge in [-0.2, -0.15) is 13.2 Å². The average Bonchev–Trinajstić information content (AvgIpc) is 3.23. The Kier molecular flexibility index (Phi) is 6.53. The fraction of sp³-hybridized carbons (Fsp3) is 0.231. The molecule has 6 nitrogen and oxygen atoms in total. The molecule has 0 bridgehead atoms. The quantitative estimate of drug-likeness (QED) is 0.352. The van der Waals surface area contributed by atoms with Crippen molar-refractivity contribution < 1.29 is 33.0 Å². The Morgan fingerprint density at radius 3 is 2.06 bits per heavy atom.